The third-order valence-electron chi connectivity index (χ3n) is 4.82. The van der Waals surface area contributed by atoms with Gasteiger partial charge in [0.25, 0.3) is 5.85 Å². The van der Waals surface area contributed by atoms with E-state index < -0.39 is 38.6 Å². The summed E-state index contributed by atoms with van der Waals surface area (Å²) in [6, 6.07) is 4.99. The molecule has 1 fully saturated rings. The van der Waals surface area contributed by atoms with Crippen LogP contribution in [-0.4, -0.2) is 50.9 Å². The monoisotopic (exact) mass is 475 g/mol. The number of aliphatic hydroxyl groups excluding tert-OH is 2. The minimum Gasteiger partial charge on any atom is -0.403 e. The Bertz CT molecular complexity index is 1160. The van der Waals surface area contributed by atoms with Crippen LogP contribution < -0.4 is 9.84 Å². The van der Waals surface area contributed by atoms with Crippen molar-refractivity contribution in [3.63, 3.8) is 0 Å². The first-order valence-corrected chi connectivity index (χ1v) is 11.0. The predicted molar refractivity (Wildman–Crippen MR) is 111 cm³/mol. The number of para-hydroxylation sites is 1. The van der Waals surface area contributed by atoms with Crippen LogP contribution in [0.5, 0.6) is 5.75 Å². The van der Waals surface area contributed by atoms with E-state index in [-0.39, 0.29) is 23.2 Å². The fraction of sp³-hybridized carbons (Fsp3) is 0.421. The number of nitrogens with one attached hydrogen (secondary N) is 1. The molecular formula is C19H22FN2O7PS. The summed E-state index contributed by atoms with van der Waals surface area (Å²) in [5, 5.41) is 23.6. The van der Waals surface area contributed by atoms with E-state index in [2.05, 4.69) is 11.9 Å². The van der Waals surface area contributed by atoms with Crippen molar-refractivity contribution < 1.29 is 41.6 Å². The molecule has 3 heterocycles. The van der Waals surface area contributed by atoms with Gasteiger partial charge in [0.2, 0.25) is 0 Å². The maximum atomic E-state index is 16.0. The van der Waals surface area contributed by atoms with Crippen LogP contribution in [0.1, 0.15) is 22.2 Å². The summed E-state index contributed by atoms with van der Waals surface area (Å²) in [7, 11) is -4.76. The van der Waals surface area contributed by atoms with Gasteiger partial charge in [-0.05, 0) is 19.4 Å². The first-order chi connectivity index (χ1) is 15.6. The molecule has 12 heteroatoms. The summed E-state index contributed by atoms with van der Waals surface area (Å²) in [6.45, 7) is 2.85. The molecule has 4 rings (SSSR count). The van der Waals surface area contributed by atoms with Crippen LogP contribution in [0.4, 0.5) is 4.39 Å². The van der Waals surface area contributed by atoms with E-state index in [1.165, 1.54) is 6.20 Å². The van der Waals surface area contributed by atoms with Gasteiger partial charge in [-0.25, -0.2) is 8.96 Å². The number of nitrogens with zero attached hydrogens (tertiary/aromatic N) is 1. The minimum atomic E-state index is -4.76. The summed E-state index contributed by atoms with van der Waals surface area (Å²) in [4.78, 5) is 1.10. The molecule has 0 amide bonds. The minimum absolute atomic E-state index is 0.0959. The highest BCUT2D eigenvalue weighted by molar-refractivity contribution is 7.80. The second kappa shape index (κ2) is 7.93. The maximum Gasteiger partial charge on any atom is 0.530 e. The average Bonchev–Trinajstić information content (AvgIpc) is 2.93. The van der Waals surface area contributed by atoms with Gasteiger partial charge in [0.05, 0.1) is 10.7 Å². The highest BCUT2D eigenvalue weighted by atomic mass is 32.1. The van der Waals surface area contributed by atoms with Crippen molar-refractivity contribution in [1.82, 2.24) is 10.2 Å². The molecule has 0 aromatic heterocycles. The Balaban J connectivity index is 1.64. The summed E-state index contributed by atoms with van der Waals surface area (Å²) < 4.78 is 74.0. The number of aliphatic hydroxyl groups is 2. The number of ether oxygens (including phenoxy) is 1. The number of hydrogen-bond donors (Lipinski definition) is 3. The Labute approximate surface area is 187 Å². The number of alkyl halides is 1. The Morgan fingerprint density at radius 1 is 1.55 bits per heavy atom. The fourth-order valence-electron chi connectivity index (χ4n) is 3.11. The fourth-order valence-corrected chi connectivity index (χ4v) is 4.44. The third-order valence-corrected chi connectivity index (χ3v) is 6.41. The molecule has 1 aromatic carbocycles. The quantitative estimate of drug-likeness (QED) is 0.444. The van der Waals surface area contributed by atoms with Crippen LogP contribution in [-0.2, 0) is 25.0 Å². The Kier molecular flexibility index (Phi) is 4.78. The van der Waals surface area contributed by atoms with Crippen LogP contribution in [0.15, 0.2) is 42.4 Å². The highest BCUT2D eigenvalue weighted by Crippen LogP contribution is 2.56. The van der Waals surface area contributed by atoms with E-state index in [0.717, 1.165) is 4.90 Å². The lowest BCUT2D eigenvalue weighted by Crippen LogP contribution is -2.47. The first kappa shape index (κ1) is 18.7. The first-order valence-electron chi connectivity index (χ1n) is 10.6. The molecule has 0 spiro atoms. The standard InChI is InChI=1S/C19H22FN2O7PS/c1-10-5-4-6-13-8-26-30(25,29-15(10)13)27-9-19(20)16(24)14(23)18(28-19)22-7-11(2)17(31)21-12(22)3/h4-7,14,16,18,23-24H,3,8-9H2,1-2H3,(H,21,31)/t14-,16+,18-,19-,30?/m1/s1/i9D2,18D. The third kappa shape index (κ3) is 4.03. The van der Waals surface area contributed by atoms with E-state index >= 15 is 4.39 Å². The number of thiocarbonyl (C=S) groups is 1. The molecule has 3 aliphatic heterocycles. The second-order valence-corrected chi connectivity index (χ2v) is 9.05. The number of rotatable bonds is 4. The van der Waals surface area contributed by atoms with Crippen molar-refractivity contribution in [1.29, 1.82) is 0 Å². The van der Waals surface area contributed by atoms with Gasteiger partial charge in [-0.15, -0.1) is 0 Å². The molecule has 1 saturated heterocycles. The number of benzene rings is 1. The van der Waals surface area contributed by atoms with Gasteiger partial charge in [0.15, 0.2) is 6.20 Å². The Morgan fingerprint density at radius 2 is 2.29 bits per heavy atom. The van der Waals surface area contributed by atoms with Gasteiger partial charge in [-0.3, -0.25) is 9.05 Å². The van der Waals surface area contributed by atoms with Crippen LogP contribution in [0.3, 0.4) is 0 Å². The smallest absolute Gasteiger partial charge is 0.403 e. The molecule has 0 radical (unpaired) electrons. The molecule has 3 N–H and O–H groups in total. The molecule has 5 atom stereocenters. The normalized spacial score (nSPS) is 39.6. The topological polar surface area (TPSA) is 110 Å². The molecule has 31 heavy (non-hydrogen) atoms. The lowest BCUT2D eigenvalue weighted by atomic mass is 10.1. The lowest BCUT2D eigenvalue weighted by Gasteiger charge is -2.35. The molecule has 1 aromatic rings. The number of fused-ring (bicyclic) bond motifs is 1. The molecule has 168 valence electrons. The Hall–Kier alpha value is -1.85. The van der Waals surface area contributed by atoms with E-state index in [4.69, 9.17) is 34.6 Å². The zero-order valence-corrected chi connectivity index (χ0v) is 18.2. The highest BCUT2D eigenvalue weighted by Gasteiger charge is 2.58. The van der Waals surface area contributed by atoms with Crippen LogP contribution in [0.2, 0.25) is 0 Å². The van der Waals surface area contributed by atoms with E-state index in [0.29, 0.717) is 16.7 Å². The molecule has 1 unspecified atom stereocenters. The molecule has 0 aliphatic carbocycles. The van der Waals surface area contributed by atoms with Gasteiger partial charge in [0.1, 0.15) is 35.3 Å². The van der Waals surface area contributed by atoms with Crippen molar-refractivity contribution in [2.45, 2.75) is 44.7 Å². The van der Waals surface area contributed by atoms with Crippen LogP contribution in [0, 0.1) is 6.92 Å². The molecular weight excluding hydrogens is 450 g/mol. The van der Waals surface area contributed by atoms with Crippen molar-refractivity contribution >= 4 is 25.0 Å². The Morgan fingerprint density at radius 3 is 3.03 bits per heavy atom. The van der Waals surface area contributed by atoms with Crippen molar-refractivity contribution in [2.24, 2.45) is 0 Å². The van der Waals surface area contributed by atoms with Gasteiger partial charge >= 0.3 is 7.82 Å². The van der Waals surface area contributed by atoms with Crippen molar-refractivity contribution in [3.05, 3.63) is 53.5 Å². The second-order valence-electron chi connectivity index (χ2n) is 7.13. The summed E-state index contributed by atoms with van der Waals surface area (Å²) >= 11 is 5.07. The zero-order valence-electron chi connectivity index (χ0n) is 19.5. The summed E-state index contributed by atoms with van der Waals surface area (Å²) in [5.74, 6) is -3.86. The van der Waals surface area contributed by atoms with Crippen molar-refractivity contribution in [3.8, 4) is 5.75 Å². The van der Waals surface area contributed by atoms with Gasteiger partial charge in [-0.1, -0.05) is 37.0 Å². The van der Waals surface area contributed by atoms with E-state index in [1.807, 2.05) is 0 Å². The summed E-state index contributed by atoms with van der Waals surface area (Å²) in [5.41, 5.74) is 1.46. The maximum absolute atomic E-state index is 16.0. The van der Waals surface area contributed by atoms with E-state index in [1.54, 1.807) is 32.0 Å². The van der Waals surface area contributed by atoms with Crippen LogP contribution in [0.25, 0.3) is 0 Å². The number of phosphoric acid groups is 1. The largest absolute Gasteiger partial charge is 0.530 e. The number of aryl methyl sites for hydroxylation is 1. The number of phosphoric ester groups is 1. The van der Waals surface area contributed by atoms with Gasteiger partial charge in [0, 0.05) is 17.3 Å². The lowest BCUT2D eigenvalue weighted by molar-refractivity contribution is -0.207. The molecule has 0 bridgehead atoms. The van der Waals surface area contributed by atoms with Crippen molar-refractivity contribution in [2.75, 3.05) is 6.56 Å². The SMILES string of the molecule is [2H]C([2H])(OP1(=O)OCc2cccc(C)c2O1)[C@@]1(F)O[C@@]([2H])(N2C=C(C)C(=S)NC2=C)[C@H](O)[C@@H]1O. The molecule has 9 nitrogen and oxygen atoms in total. The van der Waals surface area contributed by atoms with Crippen LogP contribution >= 0.6 is 20.0 Å². The number of halogens is 1. The summed E-state index contributed by atoms with van der Waals surface area (Å²) in [6.07, 6.45) is -6.57. The van der Waals surface area contributed by atoms with Gasteiger partial charge in [-0.2, -0.15) is 0 Å². The number of hydrogen-bond acceptors (Lipinski definition) is 9. The average molecular weight is 475 g/mol. The molecule has 3 aliphatic rings. The zero-order chi connectivity index (χ0) is 25.3. The van der Waals surface area contributed by atoms with Gasteiger partial charge < -0.3 is 29.7 Å². The molecule has 0 saturated carbocycles. The predicted octanol–water partition coefficient (Wildman–Crippen LogP) is 2.38. The van der Waals surface area contributed by atoms with E-state index in [9.17, 15) is 14.8 Å².